The van der Waals surface area contributed by atoms with Crippen LogP contribution in [0.3, 0.4) is 0 Å². The van der Waals surface area contributed by atoms with E-state index in [0.29, 0.717) is 49.1 Å². The maximum atomic E-state index is 14.8. The maximum absolute atomic E-state index is 14.8. The molecule has 3 saturated carbocycles. The summed E-state index contributed by atoms with van der Waals surface area (Å²) in [6.45, 7) is 9.16. The van der Waals surface area contributed by atoms with Crippen molar-refractivity contribution < 1.29 is 93.6 Å². The number of hydrogen-bond acceptors (Lipinski definition) is 6. The number of ether oxygens (including phenoxy) is 3. The summed E-state index contributed by atoms with van der Waals surface area (Å²) in [4.78, 5) is 12.9. The summed E-state index contributed by atoms with van der Waals surface area (Å²) in [7, 11) is 0. The molecule has 78 heavy (non-hydrogen) atoms. The molecule has 0 radical (unpaired) electrons. The Morgan fingerprint density at radius 2 is 1.28 bits per heavy atom. The highest BCUT2D eigenvalue weighted by atomic mass is 19.4. The summed E-state index contributed by atoms with van der Waals surface area (Å²) in [5.41, 5.74) is 1.06. The van der Waals surface area contributed by atoms with Crippen molar-refractivity contribution in [2.45, 2.75) is 192 Å². The van der Waals surface area contributed by atoms with Gasteiger partial charge in [0.1, 0.15) is 17.5 Å². The second kappa shape index (κ2) is 23.6. The smallest absolute Gasteiger partial charge is 0.460 e. The van der Waals surface area contributed by atoms with Gasteiger partial charge in [-0.05, 0) is 141 Å². The molecule has 23 heteroatoms. The minimum absolute atomic E-state index is 0.0132. The van der Waals surface area contributed by atoms with Gasteiger partial charge in [0.15, 0.2) is 18.2 Å². The Balaban J connectivity index is 0.885. The molecule has 2 aromatic rings. The highest BCUT2D eigenvalue weighted by molar-refractivity contribution is 5.69. The van der Waals surface area contributed by atoms with Crippen molar-refractivity contribution in [3.05, 3.63) is 59.7 Å². The van der Waals surface area contributed by atoms with E-state index >= 15 is 0 Å². The summed E-state index contributed by atoms with van der Waals surface area (Å²) < 4.78 is 247. The van der Waals surface area contributed by atoms with Gasteiger partial charge in [-0.15, -0.1) is 5.11 Å². The number of benzene rings is 2. The van der Waals surface area contributed by atoms with Crippen LogP contribution in [-0.2, 0) is 9.53 Å². The third-order valence-corrected chi connectivity index (χ3v) is 17.3. The van der Waals surface area contributed by atoms with Crippen LogP contribution >= 0.6 is 0 Å². The molecule has 0 bridgehead atoms. The van der Waals surface area contributed by atoms with E-state index in [2.05, 4.69) is 55.7 Å². The van der Waals surface area contributed by atoms with Gasteiger partial charge in [0.2, 0.25) is 5.82 Å². The highest BCUT2D eigenvalue weighted by Gasteiger charge is 2.93. The molecule has 8 atom stereocenters. The molecule has 6 rings (SSSR count). The highest BCUT2D eigenvalue weighted by Crippen LogP contribution is 2.68. The number of nitrogens with zero attached hydrogens (tertiary/aromatic N) is 2. The van der Waals surface area contributed by atoms with Crippen molar-refractivity contribution >= 4 is 17.3 Å². The van der Waals surface area contributed by atoms with Crippen LogP contribution < -0.4 is 9.47 Å². The van der Waals surface area contributed by atoms with Crippen LogP contribution in [0.5, 0.6) is 11.5 Å². The Bertz CT molecular complexity index is 2430. The fraction of sp³-hybridized carbons (Fsp3) is 0.727. The molecule has 4 aliphatic rings. The number of carbonyl (C=O) groups is 1. The average molecular weight is 1140 g/mol. The van der Waals surface area contributed by atoms with E-state index in [1.165, 1.54) is 50.5 Å². The van der Waals surface area contributed by atoms with Crippen molar-refractivity contribution in [1.29, 1.82) is 0 Å². The summed E-state index contributed by atoms with van der Waals surface area (Å²) in [5.74, 6) is -47.5. The zero-order valence-corrected chi connectivity index (χ0v) is 44.0. The number of carbonyl (C=O) groups excluding carboxylic acids is 1. The molecule has 0 heterocycles. The zero-order chi connectivity index (χ0) is 58.1. The first-order valence-electron chi connectivity index (χ1n) is 26.6. The first kappa shape index (κ1) is 62.9. The van der Waals surface area contributed by atoms with E-state index in [-0.39, 0.29) is 29.8 Å². The molecule has 440 valence electrons. The van der Waals surface area contributed by atoms with Gasteiger partial charge in [-0.2, -0.15) is 75.4 Å². The third-order valence-electron chi connectivity index (χ3n) is 17.3. The van der Waals surface area contributed by atoms with Gasteiger partial charge in [0.05, 0.1) is 12.3 Å². The number of azo groups is 1. The van der Waals surface area contributed by atoms with Gasteiger partial charge in [0, 0.05) is 12.8 Å². The second-order valence-corrected chi connectivity index (χ2v) is 22.8. The summed E-state index contributed by atoms with van der Waals surface area (Å²) >= 11 is 0. The lowest BCUT2D eigenvalue weighted by atomic mass is 9.47. The number of allylic oxidation sites excluding steroid dienone is 1. The first-order chi connectivity index (χ1) is 36.1. The number of alkyl halides is 15. The Kier molecular flexibility index (Phi) is 19.0. The van der Waals surface area contributed by atoms with Crippen molar-refractivity contribution in [3.63, 3.8) is 0 Å². The van der Waals surface area contributed by atoms with Gasteiger partial charge in [-0.3, -0.25) is 4.79 Å². The van der Waals surface area contributed by atoms with Gasteiger partial charge >= 0.3 is 47.7 Å². The van der Waals surface area contributed by atoms with E-state index < -0.39 is 77.1 Å². The molecule has 4 aliphatic carbocycles. The second-order valence-electron chi connectivity index (χ2n) is 22.8. The Hall–Kier alpha value is -4.34. The fourth-order valence-electron chi connectivity index (χ4n) is 12.8. The molecule has 0 amide bonds. The van der Waals surface area contributed by atoms with Gasteiger partial charge in [-0.25, -0.2) is 4.39 Å². The Morgan fingerprint density at radius 1 is 0.654 bits per heavy atom. The SMILES string of the molecule is CC(C)CCC[C@@H](C)[C@H]1CC[C@H]2[C@@H]3CC=C4C[C@@H](OC(=O)CCCCCCCOc5ccc(N=Nc6ccc(OCC(F)(F)C(F)(F)C(F)(F)C(F)(F)C(F)(F)C(F)(F)C(F)(F)F)cc6)c(F)c5F)CC[C@]4(C)[C@H]3CC[C@]12C. The van der Waals surface area contributed by atoms with E-state index in [0.717, 1.165) is 92.4 Å². The van der Waals surface area contributed by atoms with Gasteiger partial charge in [-0.1, -0.05) is 84.8 Å². The normalized spacial score (nSPS) is 25.8. The lowest BCUT2D eigenvalue weighted by Crippen LogP contribution is -2.73. The van der Waals surface area contributed by atoms with Crippen LogP contribution in [-0.4, -0.2) is 67.0 Å². The molecule has 2 aromatic carbocycles. The van der Waals surface area contributed by atoms with Crippen LogP contribution in [0.15, 0.2) is 58.3 Å². The molecule has 0 N–H and O–H groups in total. The molecule has 0 unspecified atom stereocenters. The van der Waals surface area contributed by atoms with Gasteiger partial charge in [0.25, 0.3) is 0 Å². The first-order valence-corrected chi connectivity index (χ1v) is 26.6. The number of unbranched alkanes of at least 4 members (excludes halogenated alkanes) is 4. The zero-order valence-electron chi connectivity index (χ0n) is 44.0. The molecule has 0 spiro atoms. The average Bonchev–Trinajstić information content (AvgIpc) is 3.87. The molecular formula is C55H67F17N2O4. The predicted molar refractivity (Wildman–Crippen MR) is 254 cm³/mol. The molecule has 0 aromatic heterocycles. The fourth-order valence-corrected chi connectivity index (χ4v) is 12.8. The van der Waals surface area contributed by atoms with Crippen molar-refractivity contribution in [2.75, 3.05) is 13.2 Å². The lowest BCUT2D eigenvalue weighted by Gasteiger charge is -2.58. The Morgan fingerprint density at radius 3 is 1.94 bits per heavy atom. The van der Waals surface area contributed by atoms with Crippen molar-refractivity contribution in [3.8, 4) is 11.5 Å². The standard InChI is InChI=1S/C55H67F17N2O4/c1-32(2)12-11-13-33(3)39-21-22-40-38-20-15-34-30-37(25-27-47(34,4)41(38)26-28-48(39,40)5)78-44(75)14-9-7-6-8-10-29-76-43-24-23-42(45(56)46(43)57)74-73-35-16-18-36(19-17-35)77-31-49(58,59)50(60,61)51(62,63)52(64,65)53(66,67)54(68,69)55(70,71)72/h15-19,23-24,32-33,37-41H,6-14,20-22,25-31H2,1-5H3/t33-,37+,38+,39-,40+,41+,47+,48-/m1/s1. The van der Waals surface area contributed by atoms with E-state index in [9.17, 15) is 79.4 Å². The minimum atomic E-state index is -8.42. The van der Waals surface area contributed by atoms with E-state index in [1.807, 2.05) is 0 Å². The third kappa shape index (κ3) is 12.3. The quantitative estimate of drug-likeness (QED) is 0.0327. The predicted octanol–water partition coefficient (Wildman–Crippen LogP) is 18.8. The summed E-state index contributed by atoms with van der Waals surface area (Å²) in [6, 6.07) is 4.77. The molecule has 3 fully saturated rings. The van der Waals surface area contributed by atoms with Crippen LogP contribution in [0, 0.1) is 58.0 Å². The Labute approximate surface area is 442 Å². The van der Waals surface area contributed by atoms with Crippen molar-refractivity contribution in [1.82, 2.24) is 0 Å². The molecule has 0 aliphatic heterocycles. The monoisotopic (exact) mass is 1140 g/mol. The number of halogens is 17. The largest absolute Gasteiger partial charge is 0.490 e. The van der Waals surface area contributed by atoms with E-state index in [4.69, 9.17) is 9.47 Å². The number of rotatable bonds is 25. The van der Waals surface area contributed by atoms with Crippen LogP contribution in [0.2, 0.25) is 0 Å². The maximum Gasteiger partial charge on any atom is 0.460 e. The lowest BCUT2D eigenvalue weighted by molar-refractivity contribution is -0.453. The van der Waals surface area contributed by atoms with Crippen LogP contribution in [0.4, 0.5) is 86.0 Å². The number of fused-ring (bicyclic) bond motifs is 5. The molecule has 0 saturated heterocycles. The minimum Gasteiger partial charge on any atom is -0.490 e. The topological polar surface area (TPSA) is 69.5 Å². The summed E-state index contributed by atoms with van der Waals surface area (Å²) in [6.07, 6.45) is 11.2. The summed E-state index contributed by atoms with van der Waals surface area (Å²) in [5, 5.41) is 7.04. The van der Waals surface area contributed by atoms with Crippen molar-refractivity contribution in [2.24, 2.45) is 56.6 Å². The van der Waals surface area contributed by atoms with Crippen LogP contribution in [0.25, 0.3) is 0 Å². The number of hydrogen-bond donors (Lipinski definition) is 0. The van der Waals surface area contributed by atoms with Gasteiger partial charge < -0.3 is 14.2 Å². The van der Waals surface area contributed by atoms with E-state index in [1.54, 1.807) is 0 Å². The molecule has 6 nitrogen and oxygen atoms in total. The molecular weight excluding hydrogens is 1080 g/mol. The number of esters is 1. The van der Waals surface area contributed by atoms with Crippen LogP contribution in [0.1, 0.15) is 144 Å².